The third kappa shape index (κ3) is 2.72. The van der Waals surface area contributed by atoms with Gasteiger partial charge in [-0.15, -0.1) is 0 Å². The maximum atomic E-state index is 11.9. The van der Waals surface area contributed by atoms with Crippen LogP contribution in [0.3, 0.4) is 0 Å². The molecule has 90 valence electrons. The van der Waals surface area contributed by atoms with Crippen molar-refractivity contribution in [2.45, 2.75) is 38.0 Å². The van der Waals surface area contributed by atoms with Gasteiger partial charge >= 0.3 is 5.97 Å². The molecule has 0 aromatic heterocycles. The number of allylic oxidation sites excluding steroid dienone is 2. The molecule has 0 aromatic carbocycles. The van der Waals surface area contributed by atoms with E-state index in [2.05, 4.69) is 15.9 Å². The van der Waals surface area contributed by atoms with E-state index in [1.54, 1.807) is 18.2 Å². The lowest BCUT2D eigenvalue weighted by atomic mass is 9.88. The first-order valence-corrected chi connectivity index (χ1v) is 6.01. The fourth-order valence-corrected chi connectivity index (χ4v) is 1.82. The largest absolute Gasteiger partial charge is 0.461 e. The van der Waals surface area contributed by atoms with Crippen molar-refractivity contribution in [1.29, 1.82) is 0 Å². The zero-order valence-corrected chi connectivity index (χ0v) is 11.0. The van der Waals surface area contributed by atoms with E-state index in [0.717, 1.165) is 10.9 Å². The molecule has 0 radical (unpaired) electrons. The van der Waals surface area contributed by atoms with Crippen LogP contribution in [-0.4, -0.2) is 23.7 Å². The number of hydrogen-bond acceptors (Lipinski definition) is 4. The van der Waals surface area contributed by atoms with Gasteiger partial charge in [-0.25, -0.2) is 4.79 Å². The van der Waals surface area contributed by atoms with Crippen LogP contribution in [0.15, 0.2) is 22.7 Å². The predicted octanol–water partition coefficient (Wildman–Crippen LogP) is 1.20. The summed E-state index contributed by atoms with van der Waals surface area (Å²) in [5, 5.41) is 0. The molecule has 3 atom stereocenters. The van der Waals surface area contributed by atoms with Crippen LogP contribution in [0.1, 0.15) is 20.3 Å². The van der Waals surface area contributed by atoms with Crippen LogP contribution in [0.2, 0.25) is 0 Å². The molecule has 4 nitrogen and oxygen atoms in total. The first-order chi connectivity index (χ1) is 7.40. The Morgan fingerprint density at radius 2 is 2.38 bits per heavy atom. The lowest BCUT2D eigenvalue weighted by molar-refractivity contribution is -0.153. The molecule has 16 heavy (non-hydrogen) atoms. The van der Waals surface area contributed by atoms with E-state index < -0.39 is 17.6 Å². The van der Waals surface area contributed by atoms with Gasteiger partial charge in [0.15, 0.2) is 5.54 Å². The van der Waals surface area contributed by atoms with Crippen molar-refractivity contribution in [1.82, 2.24) is 0 Å². The van der Waals surface area contributed by atoms with E-state index in [1.165, 1.54) is 0 Å². The first kappa shape index (κ1) is 13.4. The van der Waals surface area contributed by atoms with Crippen molar-refractivity contribution in [2.75, 3.05) is 0 Å². The topological polar surface area (TPSA) is 78.3 Å². The normalized spacial score (nSPS) is 30.8. The molecule has 0 aliphatic heterocycles. The summed E-state index contributed by atoms with van der Waals surface area (Å²) in [6.07, 6.45) is 5.63. The van der Waals surface area contributed by atoms with Crippen molar-refractivity contribution < 1.29 is 9.53 Å². The summed E-state index contributed by atoms with van der Waals surface area (Å²) in [4.78, 5) is 11.9. The smallest absolute Gasteiger partial charge is 0.332 e. The molecule has 0 saturated carbocycles. The molecule has 0 spiro atoms. The highest BCUT2D eigenvalue weighted by atomic mass is 79.9. The molecular weight excluding hydrogens is 272 g/mol. The number of nitrogens with two attached hydrogens (primary N) is 2. The molecule has 1 aliphatic rings. The van der Waals surface area contributed by atoms with Crippen LogP contribution in [0, 0.1) is 0 Å². The van der Waals surface area contributed by atoms with Crippen LogP contribution in [0.25, 0.3) is 0 Å². The standard InChI is InChI=1S/C11H17BrN2O2/c1-3-7(2)16-10(15)11(14)6-8(12)4-5-9(11)13/h4-7,9H,3,13-14H2,1-2H3. The molecule has 1 rings (SSSR count). The minimum absolute atomic E-state index is 0.154. The van der Waals surface area contributed by atoms with E-state index >= 15 is 0 Å². The van der Waals surface area contributed by atoms with Gasteiger partial charge in [-0.05, 0) is 19.4 Å². The van der Waals surface area contributed by atoms with Gasteiger partial charge in [0.25, 0.3) is 0 Å². The van der Waals surface area contributed by atoms with Crippen molar-refractivity contribution in [3.63, 3.8) is 0 Å². The van der Waals surface area contributed by atoms with E-state index in [4.69, 9.17) is 16.2 Å². The number of carbonyl (C=O) groups excluding carboxylic acids is 1. The monoisotopic (exact) mass is 288 g/mol. The van der Waals surface area contributed by atoms with Crippen molar-refractivity contribution in [3.05, 3.63) is 22.7 Å². The highest BCUT2D eigenvalue weighted by molar-refractivity contribution is 9.11. The summed E-state index contributed by atoms with van der Waals surface area (Å²) in [5.41, 5.74) is 10.5. The Hall–Kier alpha value is -0.650. The molecule has 3 unspecified atom stereocenters. The number of esters is 1. The molecule has 1 aliphatic carbocycles. The first-order valence-electron chi connectivity index (χ1n) is 5.22. The van der Waals surface area contributed by atoms with Crippen LogP contribution in [-0.2, 0) is 9.53 Å². The Kier molecular flexibility index (Phi) is 4.29. The molecule has 4 N–H and O–H groups in total. The Bertz CT molecular complexity index is 341. The third-order valence-electron chi connectivity index (χ3n) is 2.63. The lowest BCUT2D eigenvalue weighted by Crippen LogP contribution is -2.60. The van der Waals surface area contributed by atoms with Gasteiger partial charge in [0.05, 0.1) is 12.1 Å². The van der Waals surface area contributed by atoms with Crippen LogP contribution < -0.4 is 11.5 Å². The second kappa shape index (κ2) is 5.12. The van der Waals surface area contributed by atoms with Gasteiger partial charge < -0.3 is 16.2 Å². The molecule has 0 bridgehead atoms. The third-order valence-corrected chi connectivity index (χ3v) is 3.12. The highest BCUT2D eigenvalue weighted by Crippen LogP contribution is 2.23. The summed E-state index contributed by atoms with van der Waals surface area (Å²) in [5.74, 6) is -0.490. The van der Waals surface area contributed by atoms with Crippen LogP contribution in [0.5, 0.6) is 0 Å². The fraction of sp³-hybridized carbons (Fsp3) is 0.545. The Labute approximate surface area is 104 Å². The van der Waals surface area contributed by atoms with Crippen LogP contribution in [0.4, 0.5) is 0 Å². The SMILES string of the molecule is CCC(C)OC(=O)C1(N)C=C(Br)C=CC1N. The number of rotatable bonds is 3. The van der Waals surface area contributed by atoms with Gasteiger partial charge in [-0.3, -0.25) is 0 Å². The maximum absolute atomic E-state index is 11.9. The summed E-state index contributed by atoms with van der Waals surface area (Å²) < 4.78 is 5.95. The van der Waals surface area contributed by atoms with Gasteiger partial charge in [0.1, 0.15) is 0 Å². The lowest BCUT2D eigenvalue weighted by Gasteiger charge is -2.31. The molecule has 5 heteroatoms. The number of hydrogen-bond donors (Lipinski definition) is 2. The zero-order valence-electron chi connectivity index (χ0n) is 9.44. The van der Waals surface area contributed by atoms with E-state index in [0.29, 0.717) is 0 Å². The van der Waals surface area contributed by atoms with Gasteiger partial charge in [-0.1, -0.05) is 35.0 Å². The number of halogens is 1. The summed E-state index contributed by atoms with van der Waals surface area (Å²) in [6.45, 7) is 3.76. The minimum Gasteiger partial charge on any atom is -0.461 e. The average molecular weight is 289 g/mol. The highest BCUT2D eigenvalue weighted by Gasteiger charge is 2.41. The van der Waals surface area contributed by atoms with Gasteiger partial charge in [0, 0.05) is 4.48 Å². The molecule has 0 fully saturated rings. The Morgan fingerprint density at radius 3 is 2.94 bits per heavy atom. The van der Waals surface area contributed by atoms with Crippen molar-refractivity contribution in [2.24, 2.45) is 11.5 Å². The minimum atomic E-state index is -1.28. The Balaban J connectivity index is 2.84. The number of ether oxygens (including phenoxy) is 1. The summed E-state index contributed by atoms with van der Waals surface area (Å²) >= 11 is 3.27. The number of carbonyl (C=O) groups is 1. The average Bonchev–Trinajstić information content (AvgIpc) is 2.23. The second-order valence-corrected chi connectivity index (χ2v) is 4.89. The summed E-state index contributed by atoms with van der Waals surface area (Å²) in [6, 6.07) is -0.564. The molecule has 0 aromatic rings. The molecule has 0 saturated heterocycles. The van der Waals surface area contributed by atoms with Gasteiger partial charge in [-0.2, -0.15) is 0 Å². The molecular formula is C11H17BrN2O2. The fourth-order valence-electron chi connectivity index (χ4n) is 1.29. The zero-order chi connectivity index (χ0) is 12.3. The molecule has 0 heterocycles. The predicted molar refractivity (Wildman–Crippen MR) is 66.9 cm³/mol. The van der Waals surface area contributed by atoms with E-state index in [-0.39, 0.29) is 6.10 Å². The van der Waals surface area contributed by atoms with E-state index in [1.807, 2.05) is 13.8 Å². The summed E-state index contributed by atoms with van der Waals surface area (Å²) in [7, 11) is 0. The molecule has 0 amide bonds. The van der Waals surface area contributed by atoms with Gasteiger partial charge in [0.2, 0.25) is 0 Å². The van der Waals surface area contributed by atoms with Crippen molar-refractivity contribution >= 4 is 21.9 Å². The van der Waals surface area contributed by atoms with Crippen LogP contribution >= 0.6 is 15.9 Å². The maximum Gasteiger partial charge on any atom is 0.332 e. The van der Waals surface area contributed by atoms with Crippen molar-refractivity contribution in [3.8, 4) is 0 Å². The Morgan fingerprint density at radius 1 is 1.75 bits per heavy atom. The van der Waals surface area contributed by atoms with E-state index in [9.17, 15) is 4.79 Å². The quantitative estimate of drug-likeness (QED) is 0.765. The second-order valence-electron chi connectivity index (χ2n) is 3.97.